The molecule has 11 aliphatic rings. The molecule has 11 aliphatic heterocycles. The summed E-state index contributed by atoms with van der Waals surface area (Å²) in [6.07, 6.45) is 3.25. The molecule has 474 valence electrons. The van der Waals surface area contributed by atoms with Gasteiger partial charge in [0.15, 0.2) is 23.1 Å². The van der Waals surface area contributed by atoms with E-state index in [-0.39, 0.29) is 52.9 Å². The number of nitrogens with zero attached hydrogens (tertiary/aromatic N) is 2. The molecule has 0 radical (unpaired) electrons. The van der Waals surface area contributed by atoms with Crippen LogP contribution in [0.1, 0.15) is 89.0 Å². The lowest BCUT2D eigenvalue weighted by atomic mass is 9.98. The van der Waals surface area contributed by atoms with Crippen LogP contribution in [-0.4, -0.2) is 146 Å². The first-order valence-corrected chi connectivity index (χ1v) is 31.6. The van der Waals surface area contributed by atoms with Gasteiger partial charge in [-0.05, 0) is 152 Å². The Balaban J connectivity index is 1.03. The number of nitrogens with one attached hydrogen (secondary N) is 2. The number of benzene rings is 4. The fraction of sp³-hybridized carbons (Fsp3) is 0.389. The van der Waals surface area contributed by atoms with Crippen molar-refractivity contribution in [2.24, 2.45) is 9.98 Å². The molecule has 20 heteroatoms. The fourth-order valence-corrected chi connectivity index (χ4v) is 14.4. The predicted molar refractivity (Wildman–Crippen MR) is 336 cm³/mol. The van der Waals surface area contributed by atoms with Gasteiger partial charge in [-0.1, -0.05) is 24.3 Å². The number of allylic oxidation sites excluding steroid dienone is 4. The Morgan fingerprint density at radius 3 is 0.783 bits per heavy atom. The summed E-state index contributed by atoms with van der Waals surface area (Å²) in [4.78, 5) is 19.4. The van der Waals surface area contributed by atoms with E-state index in [0.29, 0.717) is 135 Å². The molecule has 0 unspecified atom stereocenters. The van der Waals surface area contributed by atoms with Crippen LogP contribution in [0.3, 0.4) is 0 Å². The topological polar surface area (TPSA) is 204 Å². The van der Waals surface area contributed by atoms with Crippen molar-refractivity contribution in [1.29, 1.82) is 0 Å². The maximum atomic E-state index is 7.12. The summed E-state index contributed by atoms with van der Waals surface area (Å²) >= 11 is 0. The second kappa shape index (κ2) is 21.6. The van der Waals surface area contributed by atoms with E-state index in [2.05, 4.69) is 34.2 Å². The molecule has 2 aromatic heterocycles. The number of rotatable bonds is 0. The summed E-state index contributed by atoms with van der Waals surface area (Å²) in [5, 5.41) is 1.33. The van der Waals surface area contributed by atoms with Gasteiger partial charge in [-0.2, -0.15) is 0 Å². The van der Waals surface area contributed by atoms with Gasteiger partial charge in [0.1, 0.15) is 148 Å². The second-order valence-corrected chi connectivity index (χ2v) is 26.4. The fourth-order valence-electron chi connectivity index (χ4n) is 14.4. The van der Waals surface area contributed by atoms with E-state index in [1.54, 1.807) is 0 Å². The van der Waals surface area contributed by atoms with Crippen molar-refractivity contribution >= 4 is 33.7 Å². The van der Waals surface area contributed by atoms with E-state index >= 15 is 0 Å². The Morgan fingerprint density at radius 1 is 0.293 bits per heavy atom. The van der Waals surface area contributed by atoms with Crippen LogP contribution in [0.2, 0.25) is 0 Å². The lowest BCUT2D eigenvalue weighted by molar-refractivity contribution is -0.150. The van der Waals surface area contributed by atoms with Crippen molar-refractivity contribution in [1.82, 2.24) is 9.97 Å². The molecule has 0 amide bonds. The van der Waals surface area contributed by atoms with Gasteiger partial charge < -0.3 is 85.8 Å². The molecule has 0 aliphatic carbocycles. The van der Waals surface area contributed by atoms with Gasteiger partial charge in [0.25, 0.3) is 0 Å². The molecular weight excluding hydrogens is 1180 g/mol. The zero-order chi connectivity index (χ0) is 62.4. The number of aromatic amines is 2. The molecule has 0 spiro atoms. The summed E-state index contributed by atoms with van der Waals surface area (Å²) < 4.78 is 111. The van der Waals surface area contributed by atoms with Crippen molar-refractivity contribution in [3.8, 4) is 46.0 Å². The molecule has 3 saturated heterocycles. The van der Waals surface area contributed by atoms with Crippen LogP contribution in [0, 0.1) is 0 Å². The Labute approximate surface area is 530 Å². The van der Waals surface area contributed by atoms with Crippen LogP contribution < -0.4 is 48.6 Å². The van der Waals surface area contributed by atoms with Crippen LogP contribution in [0.4, 0.5) is 0 Å². The van der Waals surface area contributed by atoms with Crippen molar-refractivity contribution in [3.05, 3.63) is 177 Å². The minimum absolute atomic E-state index is 0.0694. The van der Waals surface area contributed by atoms with Gasteiger partial charge in [0.05, 0.1) is 45.1 Å². The summed E-state index contributed by atoms with van der Waals surface area (Å²) in [7, 11) is 0. The van der Waals surface area contributed by atoms with Gasteiger partial charge in [-0.15, -0.1) is 0 Å². The molecule has 92 heavy (non-hydrogen) atoms. The number of hydrogen-bond acceptors (Lipinski definition) is 18. The Bertz CT molecular complexity index is 4080. The van der Waals surface area contributed by atoms with E-state index in [4.69, 9.17) is 85.8 Å². The van der Waals surface area contributed by atoms with Gasteiger partial charge in [0, 0.05) is 44.4 Å². The second-order valence-electron chi connectivity index (χ2n) is 26.4. The first-order chi connectivity index (χ1) is 44.4. The average Bonchev–Trinajstić information content (AvgIpc) is 1.58. The minimum Gasteiger partial charge on any atom is -0.490 e. The lowest BCUT2D eigenvalue weighted by Crippen LogP contribution is -2.35. The van der Waals surface area contributed by atoms with E-state index in [0.717, 1.165) is 0 Å². The van der Waals surface area contributed by atoms with Crippen LogP contribution in [-0.2, 0) is 37.9 Å². The van der Waals surface area contributed by atoms with Crippen molar-refractivity contribution in [3.63, 3.8) is 0 Å². The highest BCUT2D eigenvalue weighted by Crippen LogP contribution is 2.49. The van der Waals surface area contributed by atoms with E-state index in [9.17, 15) is 0 Å². The first-order valence-electron chi connectivity index (χ1n) is 31.6. The molecule has 2 N–H and O–H groups in total. The van der Waals surface area contributed by atoms with E-state index in [1.807, 2.05) is 152 Å². The normalized spacial score (nSPS) is 28.3. The molecule has 8 atom stereocenters. The van der Waals surface area contributed by atoms with Crippen LogP contribution in [0.25, 0.3) is 22.3 Å². The zero-order valence-electron chi connectivity index (χ0n) is 52.2. The Kier molecular flexibility index (Phi) is 13.5. The van der Waals surface area contributed by atoms with Gasteiger partial charge in [-0.3, -0.25) is 0 Å². The maximum absolute atomic E-state index is 7.12. The highest BCUT2D eigenvalue weighted by atomic mass is 16.8. The molecule has 3 fully saturated rings. The zero-order valence-corrected chi connectivity index (χ0v) is 52.2. The third-order valence-electron chi connectivity index (χ3n) is 18.1. The van der Waals surface area contributed by atoms with Crippen molar-refractivity contribution in [2.75, 3.05) is 52.9 Å². The van der Waals surface area contributed by atoms with E-state index < -0.39 is 72.0 Å². The van der Waals surface area contributed by atoms with Crippen LogP contribution in [0.15, 0.2) is 143 Å². The van der Waals surface area contributed by atoms with Gasteiger partial charge >= 0.3 is 0 Å². The van der Waals surface area contributed by atoms with Crippen LogP contribution >= 0.6 is 0 Å². The highest BCUT2D eigenvalue weighted by Gasteiger charge is 2.48. The quantitative estimate of drug-likeness (QED) is 0.146. The molecule has 13 heterocycles. The third-order valence-corrected chi connectivity index (χ3v) is 18.1. The smallest absolute Gasteiger partial charge is 0.164 e. The molecule has 32 bridgehead atoms. The van der Waals surface area contributed by atoms with Gasteiger partial charge in [-0.25, -0.2) is 9.98 Å². The third kappa shape index (κ3) is 10.2. The monoisotopic (exact) mass is 1250 g/mol. The highest BCUT2D eigenvalue weighted by molar-refractivity contribution is 6.33. The minimum atomic E-state index is -0.996. The predicted octanol–water partition coefficient (Wildman–Crippen LogP) is 9.16. The van der Waals surface area contributed by atoms with Crippen molar-refractivity contribution in [2.45, 2.75) is 127 Å². The molecule has 20 nitrogen and oxygen atoms in total. The molecule has 6 aromatic rings. The first kappa shape index (κ1) is 57.5. The van der Waals surface area contributed by atoms with Crippen LogP contribution in [0.5, 0.6) is 46.0 Å². The largest absolute Gasteiger partial charge is 0.490 e. The number of H-pyrrole nitrogens is 2. The number of fused-ring (bicyclic) bond motifs is 15. The molecular formula is C72H70N4O16. The summed E-state index contributed by atoms with van der Waals surface area (Å²) in [6.45, 7) is 15.7. The lowest BCUT2D eigenvalue weighted by Gasteiger charge is -2.24. The maximum Gasteiger partial charge on any atom is 0.164 e. The Hall–Kier alpha value is -8.44. The van der Waals surface area contributed by atoms with E-state index in [1.165, 1.54) is 0 Å². The summed E-state index contributed by atoms with van der Waals surface area (Å²) in [5.74, 6) is 0.00692. The Morgan fingerprint density at radius 2 is 0.533 bits per heavy atom. The van der Waals surface area contributed by atoms with Gasteiger partial charge in [0.2, 0.25) is 0 Å². The number of ether oxygens (including phenoxy) is 16. The SMILES string of the molecule is CC1(C)O[C@@H]2COc3cccc4c3C3=C5C=CC(=N5)C5=c6ccc([nH]6)=C6C7=NC(=C(c8ccc3[nH]8)c3c(cccc3OC[C@H]3OC(C)(C)O[C@@H]3COc3cccc(c36)OC[C@H]3OC(C)(C)O[C@@H]3COc3cccc(c35)OC[C@H]3OC(C)(C)O[C@@H]3CO4)OC[C@H]2O1)C=C7. The summed E-state index contributed by atoms with van der Waals surface area (Å²) in [6, 6.07) is 31.4. The number of aromatic nitrogens is 2. The molecule has 4 aromatic carbocycles. The molecule has 17 rings (SSSR count). The van der Waals surface area contributed by atoms with Crippen molar-refractivity contribution < 1.29 is 75.8 Å². The number of hydrogen-bond donors (Lipinski definition) is 2. The average molecular weight is 1250 g/mol. The summed E-state index contributed by atoms with van der Waals surface area (Å²) in [5.41, 5.74) is 8.73. The standard InChI is InChI=1S/C72H70N4O16/c1-69(2)85-53-29-77-45-13-9-15-47-65(45)61-37-21-22-38(73-37)62-40-24-26-42(75-40)64-44-28-27-43(76-44)63(41-25-23-39(61)74-41)67-49(81-33-57-55(31-79-47)87-70(3,4)89-57)17-11-19-51(67)83-35-59-60(92-72(7,8)91-59)36-84-52-20-12-18-50(68(52)64)82-34-58-56(88-71(5,6)90-58)32-80-48-16-10-14-46(66(48)62)78-30-54(53)86-69/h9-28,53-60,73,76H,29-36H2,1-8H3/t53-,54-,55-,56-,57-,58-,59-,60-/m1/s1. The molecule has 0 saturated carbocycles. The number of aliphatic imine (C=N–C) groups is 2.